The number of hydrogen-bond acceptors (Lipinski definition) is 16. The first-order valence-corrected chi connectivity index (χ1v) is 34.1. The first-order valence-electron chi connectivity index (χ1n) is 33.8. The third-order valence-corrected chi connectivity index (χ3v) is 17.2. The number of aryl methyl sites for hydroxylation is 2. The summed E-state index contributed by atoms with van der Waals surface area (Å²) >= 11 is 5.72. The highest BCUT2D eigenvalue weighted by atomic mass is 35.5. The molecule has 0 spiro atoms. The van der Waals surface area contributed by atoms with E-state index in [2.05, 4.69) is 103 Å². The number of pyridine rings is 2. The van der Waals surface area contributed by atoms with Crippen molar-refractivity contribution in [1.29, 1.82) is 0 Å². The molecule has 0 aliphatic carbocycles. The van der Waals surface area contributed by atoms with Crippen molar-refractivity contribution in [3.63, 3.8) is 0 Å². The van der Waals surface area contributed by atoms with Gasteiger partial charge in [0.15, 0.2) is 5.82 Å². The number of nitrogen functional groups attached to an aromatic ring is 1. The van der Waals surface area contributed by atoms with Gasteiger partial charge in [0.1, 0.15) is 64.8 Å². The highest BCUT2D eigenvalue weighted by Gasteiger charge is 2.25. The minimum Gasteiger partial charge on any atom is -0.488 e. The number of carbonyl (C=O) groups is 2. The topological polar surface area (TPSA) is 258 Å². The molecule has 0 saturated carbocycles. The average molecular weight is 1370 g/mol. The largest absolute Gasteiger partial charge is 0.488 e. The Bertz CT molecular complexity index is 4860. The third-order valence-electron chi connectivity index (χ3n) is 17.0. The molecule has 4 amide bonds. The number of nitrogens with one attached hydrogen (secondary N) is 5. The maximum absolute atomic E-state index is 13.4. The van der Waals surface area contributed by atoms with Gasteiger partial charge >= 0.3 is 12.1 Å². The summed E-state index contributed by atoms with van der Waals surface area (Å²) in [4.78, 5) is 56.9. The Labute approximate surface area is 592 Å². The highest BCUT2D eigenvalue weighted by Crippen LogP contribution is 2.36. The lowest BCUT2D eigenvalue weighted by Gasteiger charge is -2.16. The number of nitrogens with zero attached hydrogens (tertiary/aromatic N) is 12. The van der Waals surface area contributed by atoms with Crippen molar-refractivity contribution in [2.45, 2.75) is 105 Å². The second-order valence-corrected chi connectivity index (χ2v) is 27.4. The van der Waals surface area contributed by atoms with E-state index in [0.717, 1.165) is 104 Å². The number of hydrogen-bond donors (Lipinski definition) is 6. The molecule has 12 aromatic rings. The molecule has 23 heteroatoms. The molecule has 516 valence electrons. The van der Waals surface area contributed by atoms with Gasteiger partial charge in [-0.1, -0.05) is 137 Å². The summed E-state index contributed by atoms with van der Waals surface area (Å²) in [6, 6.07) is 49.8. The Morgan fingerprint density at radius 1 is 0.495 bits per heavy atom. The molecule has 0 radical (unpaired) electrons. The monoisotopic (exact) mass is 1370 g/mol. The molecule has 2 fully saturated rings. The van der Waals surface area contributed by atoms with E-state index in [4.69, 9.17) is 42.0 Å². The van der Waals surface area contributed by atoms with Crippen LogP contribution in [0.1, 0.15) is 101 Å². The van der Waals surface area contributed by atoms with E-state index in [1.165, 1.54) is 25.7 Å². The summed E-state index contributed by atoms with van der Waals surface area (Å²) in [5.41, 5.74) is 14.4. The summed E-state index contributed by atoms with van der Waals surface area (Å²) in [5.74, 6) is 6.11. The minimum atomic E-state index is -0.370. The summed E-state index contributed by atoms with van der Waals surface area (Å²) in [5, 5.41) is 29.0. The summed E-state index contributed by atoms with van der Waals surface area (Å²) in [7, 11) is 0. The molecular formula is C78H83ClN18O4. The van der Waals surface area contributed by atoms with Crippen molar-refractivity contribution >= 4 is 97.3 Å². The summed E-state index contributed by atoms with van der Waals surface area (Å²) < 4.78 is 16.0. The first kappa shape index (κ1) is 69.3. The van der Waals surface area contributed by atoms with E-state index in [0.29, 0.717) is 70.3 Å². The third kappa shape index (κ3) is 17.8. The van der Waals surface area contributed by atoms with Gasteiger partial charge in [-0.2, -0.15) is 10.2 Å². The molecule has 0 atom stereocenters. The second kappa shape index (κ2) is 31.0. The zero-order valence-electron chi connectivity index (χ0n) is 58.0. The standard InChI is InChI=1S/C39H41N9O2.C31H32N6O2.C8H10ClN3/c1-26-11-13-28(14-12-26)48-36(22-33(46-48)39(2,3)4)45-38(49)42-31-15-16-32(30-10-6-5-9-29(30)31)50-25-27-17-18-41-34(21-27)43-35-23-40-24-37(44-35)47-19-7-8-20-47;1-20-9-11-22(12-10-20)37-29(18-27(36-37)31(2,3)4)35-30(38)34-25-13-14-26(24-8-6-5-7-23(24)25)39-19-21-15-16-33-28(32)17-21;9-7-5-10-6-8(11-7)12-3-1-2-4-12/h5-6,9-18,21-24H,7-8,19-20,25H2,1-4H3,(H,41,43,44)(H2,42,45,49);5-18H,19H2,1-4H3,(H2,32,33)(H2,34,35,38);5-6H,1-4H2. The molecule has 14 rings (SSSR count). The zero-order valence-corrected chi connectivity index (χ0v) is 58.8. The van der Waals surface area contributed by atoms with Crippen LogP contribution in [0.3, 0.4) is 0 Å². The molecule has 0 bridgehead atoms. The first-order chi connectivity index (χ1) is 48.7. The van der Waals surface area contributed by atoms with Gasteiger partial charge in [-0.3, -0.25) is 20.6 Å². The van der Waals surface area contributed by atoms with Crippen LogP contribution in [0, 0.1) is 13.8 Å². The molecule has 2 aliphatic rings. The SMILES string of the molecule is Cc1ccc(-n2nc(C(C)(C)C)cc2NC(=O)Nc2ccc(OCc3ccnc(N)c3)c3ccccc23)cc1.Cc1ccc(-n2nc(C(C)(C)C)cc2NC(=O)Nc2ccc(OCc3ccnc(Nc4cncc(N5CCCC5)n4)c3)c3ccccc23)cc1.Clc1cncc(N2CCCC2)n1. The van der Waals surface area contributed by atoms with Gasteiger partial charge in [-0.15, -0.1) is 0 Å². The van der Waals surface area contributed by atoms with E-state index in [1.54, 1.807) is 52.6 Å². The number of benzene rings is 6. The van der Waals surface area contributed by atoms with Crippen molar-refractivity contribution in [3.8, 4) is 22.9 Å². The smallest absolute Gasteiger partial charge is 0.324 e. The van der Waals surface area contributed by atoms with Gasteiger partial charge in [0.05, 0.1) is 58.9 Å². The number of anilines is 9. The maximum atomic E-state index is 13.4. The van der Waals surface area contributed by atoms with Crippen molar-refractivity contribution < 1.29 is 19.1 Å². The molecule has 7 N–H and O–H groups in total. The normalized spacial score (nSPS) is 12.8. The molecule has 101 heavy (non-hydrogen) atoms. The number of nitrogens with two attached hydrogens (primary N) is 1. The number of carbonyl (C=O) groups excluding carboxylic acids is 2. The van der Waals surface area contributed by atoms with Crippen molar-refractivity contribution in [2.75, 3.05) is 68.3 Å². The Balaban J connectivity index is 0.000000167. The Hall–Kier alpha value is -11.7. The number of rotatable bonds is 16. The van der Waals surface area contributed by atoms with Crippen molar-refractivity contribution in [1.82, 2.24) is 49.5 Å². The van der Waals surface area contributed by atoms with Gasteiger partial charge in [0.2, 0.25) is 0 Å². The maximum Gasteiger partial charge on any atom is 0.324 e. The van der Waals surface area contributed by atoms with E-state index in [1.807, 2.05) is 166 Å². The van der Waals surface area contributed by atoms with Crippen LogP contribution in [0.2, 0.25) is 5.15 Å². The van der Waals surface area contributed by atoms with E-state index in [9.17, 15) is 9.59 Å². The molecule has 22 nitrogen and oxygen atoms in total. The molecule has 6 aromatic heterocycles. The van der Waals surface area contributed by atoms with Gasteiger partial charge in [0, 0.05) is 83.1 Å². The second-order valence-electron chi connectivity index (χ2n) is 27.0. The molecule has 2 aliphatic heterocycles. The Kier molecular flexibility index (Phi) is 21.3. The fourth-order valence-electron chi connectivity index (χ4n) is 11.6. The number of fused-ring (bicyclic) bond motifs is 2. The van der Waals surface area contributed by atoms with Crippen LogP contribution in [0.4, 0.5) is 61.7 Å². The lowest BCUT2D eigenvalue weighted by atomic mass is 9.92. The zero-order chi connectivity index (χ0) is 70.6. The van der Waals surface area contributed by atoms with Gasteiger partial charge in [-0.05, 0) is 123 Å². The number of amides is 4. The van der Waals surface area contributed by atoms with Crippen LogP contribution >= 0.6 is 11.6 Å². The number of aromatic nitrogens is 10. The van der Waals surface area contributed by atoms with Crippen LogP contribution in [0.25, 0.3) is 32.9 Å². The Morgan fingerprint density at radius 3 is 1.41 bits per heavy atom. The van der Waals surface area contributed by atoms with Crippen LogP contribution in [0.15, 0.2) is 195 Å². The molecular weight excluding hydrogens is 1290 g/mol. The van der Waals surface area contributed by atoms with Crippen molar-refractivity contribution in [3.05, 3.63) is 234 Å². The van der Waals surface area contributed by atoms with Crippen LogP contribution < -0.4 is 51.6 Å². The van der Waals surface area contributed by atoms with Gasteiger partial charge < -0.3 is 41.0 Å². The fourth-order valence-corrected chi connectivity index (χ4v) is 11.7. The predicted octanol–water partition coefficient (Wildman–Crippen LogP) is 16.9. The van der Waals surface area contributed by atoms with E-state index in [-0.39, 0.29) is 22.9 Å². The summed E-state index contributed by atoms with van der Waals surface area (Å²) in [6.07, 6.45) is 15.1. The van der Waals surface area contributed by atoms with Crippen molar-refractivity contribution in [2.24, 2.45) is 0 Å². The lowest BCUT2D eigenvalue weighted by molar-refractivity contribution is 0.261. The molecule has 8 heterocycles. The van der Waals surface area contributed by atoms with Gasteiger partial charge in [0.25, 0.3) is 0 Å². The van der Waals surface area contributed by atoms with Crippen LogP contribution in [0.5, 0.6) is 11.5 Å². The molecule has 2 saturated heterocycles. The van der Waals surface area contributed by atoms with Crippen LogP contribution in [-0.4, -0.2) is 87.7 Å². The van der Waals surface area contributed by atoms with Crippen LogP contribution in [-0.2, 0) is 24.0 Å². The summed E-state index contributed by atoms with van der Waals surface area (Å²) in [6.45, 7) is 21.5. The average Bonchev–Trinajstić information content (AvgIpc) is 1.79. The quantitative estimate of drug-likeness (QED) is 0.0525. The number of ether oxygens (including phenoxy) is 2. The molecule has 6 aromatic carbocycles. The fraction of sp³-hybridized carbons (Fsp3) is 0.256. The molecule has 0 unspecified atom stereocenters. The van der Waals surface area contributed by atoms with E-state index >= 15 is 0 Å². The lowest BCUT2D eigenvalue weighted by Crippen LogP contribution is -2.21. The minimum absolute atomic E-state index is 0.184. The predicted molar refractivity (Wildman–Crippen MR) is 404 cm³/mol. The highest BCUT2D eigenvalue weighted by molar-refractivity contribution is 6.29. The van der Waals surface area contributed by atoms with E-state index < -0.39 is 0 Å². The van der Waals surface area contributed by atoms with Gasteiger partial charge in [-0.25, -0.2) is 38.9 Å². The number of urea groups is 2. The Morgan fingerprint density at radius 2 is 0.941 bits per heavy atom. The number of halogens is 1.